The summed E-state index contributed by atoms with van der Waals surface area (Å²) in [4.78, 5) is 0. The lowest BCUT2D eigenvalue weighted by Gasteiger charge is -2.33. The van der Waals surface area contributed by atoms with Crippen LogP contribution in [0.1, 0.15) is 58.8 Å². The maximum Gasteiger partial charge on any atom is 0.0905 e. The van der Waals surface area contributed by atoms with Crippen molar-refractivity contribution in [1.82, 2.24) is 0 Å². The average molecular weight is 200 g/mol. The molecule has 1 atom stereocenters. The summed E-state index contributed by atoms with van der Waals surface area (Å²) >= 11 is 0. The molecule has 2 nitrogen and oxygen atoms in total. The molecule has 0 heterocycles. The second kappa shape index (κ2) is 5.13. The lowest BCUT2D eigenvalue weighted by molar-refractivity contribution is -0.0914. The summed E-state index contributed by atoms with van der Waals surface area (Å²) in [5.74, 6) is 0.456. The molecule has 0 aromatic rings. The third-order valence-corrected chi connectivity index (χ3v) is 3.28. The molecule has 1 fully saturated rings. The summed E-state index contributed by atoms with van der Waals surface area (Å²) in [5, 5.41) is 20.3. The molecule has 0 aromatic carbocycles. The zero-order chi connectivity index (χ0) is 10.6. The molecule has 14 heavy (non-hydrogen) atoms. The van der Waals surface area contributed by atoms with Crippen LogP contribution in [0.15, 0.2) is 0 Å². The molecular weight excluding hydrogens is 176 g/mol. The lowest BCUT2D eigenvalue weighted by atomic mass is 9.84. The minimum atomic E-state index is -0.791. The molecule has 0 aliphatic heterocycles. The van der Waals surface area contributed by atoms with Crippen LogP contribution in [0.4, 0.5) is 0 Å². The molecule has 0 radical (unpaired) electrons. The molecule has 0 aromatic heterocycles. The van der Waals surface area contributed by atoms with E-state index in [0.29, 0.717) is 5.92 Å². The van der Waals surface area contributed by atoms with Crippen LogP contribution in [-0.4, -0.2) is 21.9 Å². The van der Waals surface area contributed by atoms with Crippen molar-refractivity contribution in [3.05, 3.63) is 0 Å². The van der Waals surface area contributed by atoms with E-state index in [1.807, 2.05) is 0 Å². The molecule has 1 aliphatic carbocycles. The van der Waals surface area contributed by atoms with Gasteiger partial charge in [0.25, 0.3) is 0 Å². The van der Waals surface area contributed by atoms with Gasteiger partial charge in [-0.15, -0.1) is 0 Å². The topological polar surface area (TPSA) is 40.5 Å². The van der Waals surface area contributed by atoms with Crippen LogP contribution < -0.4 is 0 Å². The predicted molar refractivity (Wildman–Crippen MR) is 58.1 cm³/mol. The van der Waals surface area contributed by atoms with E-state index in [0.717, 1.165) is 32.1 Å². The zero-order valence-electron chi connectivity index (χ0n) is 9.50. The van der Waals surface area contributed by atoms with Gasteiger partial charge in [0.05, 0.1) is 11.7 Å². The molecule has 84 valence electrons. The Kier molecular flexibility index (Phi) is 4.39. The van der Waals surface area contributed by atoms with Crippen LogP contribution in [0.5, 0.6) is 0 Å². The van der Waals surface area contributed by atoms with E-state index in [-0.39, 0.29) is 0 Å². The Labute approximate surface area is 87.3 Å². The first-order valence-corrected chi connectivity index (χ1v) is 5.95. The summed E-state index contributed by atoms with van der Waals surface area (Å²) in [6.45, 7) is 4.17. The normalized spacial score (nSPS) is 24.6. The third-order valence-electron chi connectivity index (χ3n) is 3.28. The lowest BCUT2D eigenvalue weighted by Crippen LogP contribution is -2.42. The summed E-state index contributed by atoms with van der Waals surface area (Å²) < 4.78 is 0. The van der Waals surface area contributed by atoms with Gasteiger partial charge in [0, 0.05) is 0 Å². The molecule has 0 amide bonds. The average Bonchev–Trinajstić information content (AvgIpc) is 2.30. The monoisotopic (exact) mass is 200 g/mol. The fourth-order valence-corrected chi connectivity index (χ4v) is 2.34. The molecule has 0 spiro atoms. The van der Waals surface area contributed by atoms with E-state index < -0.39 is 11.7 Å². The van der Waals surface area contributed by atoms with Crippen molar-refractivity contribution in [3.8, 4) is 0 Å². The smallest absolute Gasteiger partial charge is 0.0905 e. The number of hydrogen-bond acceptors (Lipinski definition) is 2. The van der Waals surface area contributed by atoms with Gasteiger partial charge in [0.1, 0.15) is 0 Å². The van der Waals surface area contributed by atoms with Gasteiger partial charge in [-0.1, -0.05) is 39.5 Å². The second-order valence-electron chi connectivity index (χ2n) is 5.16. The summed E-state index contributed by atoms with van der Waals surface area (Å²) in [6.07, 6.45) is 6.28. The molecule has 1 aliphatic rings. The van der Waals surface area contributed by atoms with Crippen LogP contribution in [0.3, 0.4) is 0 Å². The molecule has 1 unspecified atom stereocenters. The van der Waals surface area contributed by atoms with E-state index in [1.54, 1.807) is 0 Å². The fourth-order valence-electron chi connectivity index (χ4n) is 2.34. The van der Waals surface area contributed by atoms with Gasteiger partial charge in [-0.2, -0.15) is 0 Å². The van der Waals surface area contributed by atoms with E-state index in [1.165, 1.54) is 12.8 Å². The van der Waals surface area contributed by atoms with Crippen molar-refractivity contribution < 1.29 is 10.2 Å². The quantitative estimate of drug-likeness (QED) is 0.687. The van der Waals surface area contributed by atoms with Gasteiger partial charge in [0.2, 0.25) is 0 Å². The summed E-state index contributed by atoms with van der Waals surface area (Å²) in [6, 6.07) is 0. The Balaban J connectivity index is 2.51. The van der Waals surface area contributed by atoms with E-state index in [4.69, 9.17) is 0 Å². The maximum absolute atomic E-state index is 10.3. The highest BCUT2D eigenvalue weighted by Crippen LogP contribution is 2.32. The molecule has 0 saturated heterocycles. The maximum atomic E-state index is 10.3. The summed E-state index contributed by atoms with van der Waals surface area (Å²) in [7, 11) is 0. The molecule has 2 heteroatoms. The Morgan fingerprint density at radius 3 is 2.00 bits per heavy atom. The first-order valence-electron chi connectivity index (χ1n) is 5.95. The fraction of sp³-hybridized carbons (Fsp3) is 1.00. The van der Waals surface area contributed by atoms with Crippen molar-refractivity contribution in [3.63, 3.8) is 0 Å². The van der Waals surface area contributed by atoms with Gasteiger partial charge in [-0.3, -0.25) is 0 Å². The first kappa shape index (κ1) is 12.0. The SMILES string of the molecule is CC(C)CC(O)C1(O)CCCCCC1. The van der Waals surface area contributed by atoms with E-state index in [2.05, 4.69) is 13.8 Å². The van der Waals surface area contributed by atoms with Gasteiger partial charge in [-0.05, 0) is 25.2 Å². The number of rotatable bonds is 3. The van der Waals surface area contributed by atoms with E-state index >= 15 is 0 Å². The number of hydrogen-bond donors (Lipinski definition) is 2. The predicted octanol–water partition coefficient (Wildman–Crippen LogP) is 2.48. The highest BCUT2D eigenvalue weighted by molar-refractivity contribution is 4.88. The van der Waals surface area contributed by atoms with Crippen molar-refractivity contribution in [2.24, 2.45) is 5.92 Å². The Morgan fingerprint density at radius 1 is 1.07 bits per heavy atom. The van der Waals surface area contributed by atoms with E-state index in [9.17, 15) is 10.2 Å². The van der Waals surface area contributed by atoms with Crippen molar-refractivity contribution in [1.29, 1.82) is 0 Å². The molecular formula is C12H24O2. The Bertz CT molecular complexity index is 158. The highest BCUT2D eigenvalue weighted by Gasteiger charge is 2.35. The molecule has 1 saturated carbocycles. The molecule has 2 N–H and O–H groups in total. The minimum absolute atomic E-state index is 0.456. The highest BCUT2D eigenvalue weighted by atomic mass is 16.3. The van der Waals surface area contributed by atoms with Crippen LogP contribution >= 0.6 is 0 Å². The van der Waals surface area contributed by atoms with Gasteiger partial charge in [0.15, 0.2) is 0 Å². The summed E-state index contributed by atoms with van der Waals surface area (Å²) in [5.41, 5.74) is -0.791. The van der Waals surface area contributed by atoms with Gasteiger partial charge < -0.3 is 10.2 Å². The van der Waals surface area contributed by atoms with Crippen LogP contribution in [-0.2, 0) is 0 Å². The molecule has 0 bridgehead atoms. The van der Waals surface area contributed by atoms with Gasteiger partial charge >= 0.3 is 0 Å². The Hall–Kier alpha value is -0.0800. The van der Waals surface area contributed by atoms with Gasteiger partial charge in [-0.25, -0.2) is 0 Å². The van der Waals surface area contributed by atoms with Crippen molar-refractivity contribution >= 4 is 0 Å². The van der Waals surface area contributed by atoms with Crippen LogP contribution in [0.25, 0.3) is 0 Å². The van der Waals surface area contributed by atoms with Crippen LogP contribution in [0, 0.1) is 5.92 Å². The standard InChI is InChI=1S/C12H24O2/c1-10(2)9-11(13)12(14)7-5-3-4-6-8-12/h10-11,13-14H,3-9H2,1-2H3. The largest absolute Gasteiger partial charge is 0.390 e. The zero-order valence-corrected chi connectivity index (χ0v) is 9.50. The number of aliphatic hydroxyl groups excluding tert-OH is 1. The molecule has 1 rings (SSSR count). The van der Waals surface area contributed by atoms with Crippen LogP contribution in [0.2, 0.25) is 0 Å². The first-order chi connectivity index (χ1) is 6.54. The number of aliphatic hydroxyl groups is 2. The van der Waals surface area contributed by atoms with Crippen molar-refractivity contribution in [2.75, 3.05) is 0 Å². The Morgan fingerprint density at radius 2 is 1.57 bits per heavy atom. The van der Waals surface area contributed by atoms with Crippen molar-refractivity contribution in [2.45, 2.75) is 70.5 Å². The minimum Gasteiger partial charge on any atom is -0.390 e. The third kappa shape index (κ3) is 3.25. The second-order valence-corrected chi connectivity index (χ2v) is 5.16.